The first-order chi connectivity index (χ1) is 16.8. The highest BCUT2D eigenvalue weighted by molar-refractivity contribution is 7.93. The van der Waals surface area contributed by atoms with Gasteiger partial charge in [-0.25, -0.2) is 16.8 Å². The van der Waals surface area contributed by atoms with Crippen molar-refractivity contribution in [3.05, 3.63) is 89.0 Å². The van der Waals surface area contributed by atoms with E-state index in [1.54, 1.807) is 36.4 Å². The van der Waals surface area contributed by atoms with Crippen LogP contribution < -0.4 is 9.62 Å². The topological polar surface area (TPSA) is 101 Å². The number of benzene rings is 3. The number of amides is 1. The Hall–Kier alpha value is -3.17. The summed E-state index contributed by atoms with van der Waals surface area (Å²) in [4.78, 5) is 13.5. The van der Waals surface area contributed by atoms with Crippen molar-refractivity contribution in [2.75, 3.05) is 17.1 Å². The normalized spacial score (nSPS) is 12.7. The van der Waals surface area contributed by atoms with Gasteiger partial charge in [0.15, 0.2) is 9.84 Å². The maximum absolute atomic E-state index is 13.6. The zero-order chi connectivity index (χ0) is 26.7. The van der Waals surface area contributed by atoms with E-state index in [1.807, 2.05) is 33.8 Å². The molecule has 192 valence electrons. The van der Waals surface area contributed by atoms with Crippen LogP contribution in [0.1, 0.15) is 41.6 Å². The van der Waals surface area contributed by atoms with E-state index in [1.165, 1.54) is 24.3 Å². The molecule has 0 aliphatic carbocycles. The number of sulfonamides is 1. The first-order valence-corrected chi connectivity index (χ1v) is 14.9. The largest absolute Gasteiger partial charge is 0.348 e. The molecule has 0 heterocycles. The van der Waals surface area contributed by atoms with E-state index in [-0.39, 0.29) is 9.79 Å². The summed E-state index contributed by atoms with van der Waals surface area (Å²) in [6.45, 7) is 7.11. The number of aryl methyl sites for hydroxylation is 3. The van der Waals surface area contributed by atoms with Gasteiger partial charge in [0.25, 0.3) is 10.0 Å². The molecule has 0 spiro atoms. The highest BCUT2D eigenvalue weighted by Crippen LogP contribution is 2.27. The van der Waals surface area contributed by atoms with Crippen LogP contribution in [-0.4, -0.2) is 35.5 Å². The van der Waals surface area contributed by atoms with E-state index in [0.717, 1.165) is 32.8 Å². The van der Waals surface area contributed by atoms with Gasteiger partial charge < -0.3 is 5.32 Å². The molecule has 7 nitrogen and oxygen atoms in total. The van der Waals surface area contributed by atoms with Crippen LogP contribution in [0, 0.1) is 20.8 Å². The number of hydrogen-bond donors (Lipinski definition) is 1. The summed E-state index contributed by atoms with van der Waals surface area (Å²) in [6.07, 6.45) is 1.68. The molecule has 9 heteroatoms. The molecule has 1 atom stereocenters. The van der Waals surface area contributed by atoms with Crippen molar-refractivity contribution >= 4 is 31.5 Å². The van der Waals surface area contributed by atoms with Gasteiger partial charge in [0.1, 0.15) is 6.54 Å². The van der Waals surface area contributed by atoms with Crippen LogP contribution in [0.4, 0.5) is 5.69 Å². The molecule has 0 saturated carbocycles. The molecule has 0 fully saturated rings. The minimum Gasteiger partial charge on any atom is -0.348 e. The smallest absolute Gasteiger partial charge is 0.264 e. The number of anilines is 1. The molecule has 0 bridgehead atoms. The standard InChI is InChI=1S/C27H32N2O5S2/c1-6-26(22-9-13-24(14-10-22)35(5,31)32)28-27(30)18-29(23-16-20(3)15-21(4)17-23)36(33,34)25-11-7-19(2)8-12-25/h7-17,26H,6,18H2,1-5H3,(H,28,30). The van der Waals surface area contributed by atoms with Crippen LogP contribution in [-0.2, 0) is 24.7 Å². The van der Waals surface area contributed by atoms with Gasteiger partial charge in [-0.3, -0.25) is 9.10 Å². The fourth-order valence-corrected chi connectivity index (χ4v) is 6.02. The summed E-state index contributed by atoms with van der Waals surface area (Å²) in [5, 5.41) is 2.91. The number of hydrogen-bond acceptors (Lipinski definition) is 5. The van der Waals surface area contributed by atoms with Gasteiger partial charge in [-0.05, 0) is 80.3 Å². The Morgan fingerprint density at radius 3 is 1.83 bits per heavy atom. The first kappa shape index (κ1) is 27.4. The molecule has 3 aromatic carbocycles. The number of sulfone groups is 1. The van der Waals surface area contributed by atoms with Crippen LogP contribution in [0.25, 0.3) is 0 Å². The molecule has 1 amide bonds. The molecule has 0 saturated heterocycles. The molecule has 1 unspecified atom stereocenters. The van der Waals surface area contributed by atoms with E-state index < -0.39 is 38.4 Å². The van der Waals surface area contributed by atoms with Crippen molar-refractivity contribution in [3.8, 4) is 0 Å². The predicted octanol–water partition coefficient (Wildman–Crippen LogP) is 4.48. The molecular weight excluding hydrogens is 496 g/mol. The molecular formula is C27H32N2O5S2. The summed E-state index contributed by atoms with van der Waals surface area (Å²) in [5.74, 6) is -0.469. The van der Waals surface area contributed by atoms with Crippen molar-refractivity contribution in [2.24, 2.45) is 0 Å². The van der Waals surface area contributed by atoms with Gasteiger partial charge in [0.2, 0.25) is 5.91 Å². The third kappa shape index (κ3) is 6.53. The van der Waals surface area contributed by atoms with Crippen molar-refractivity contribution in [2.45, 2.75) is 49.9 Å². The number of carbonyl (C=O) groups is 1. The quantitative estimate of drug-likeness (QED) is 0.441. The summed E-state index contributed by atoms with van der Waals surface area (Å²) in [5.41, 5.74) is 3.84. The Kier molecular flexibility index (Phi) is 8.26. The molecule has 0 aromatic heterocycles. The second-order valence-electron chi connectivity index (χ2n) is 9.04. The van der Waals surface area contributed by atoms with Crippen molar-refractivity contribution in [1.29, 1.82) is 0 Å². The number of nitrogens with one attached hydrogen (secondary N) is 1. The summed E-state index contributed by atoms with van der Waals surface area (Å²) in [6, 6.07) is 17.9. The third-order valence-electron chi connectivity index (χ3n) is 5.84. The molecule has 3 aromatic rings. The minimum absolute atomic E-state index is 0.100. The SMILES string of the molecule is CCC(NC(=O)CN(c1cc(C)cc(C)c1)S(=O)(=O)c1ccc(C)cc1)c1ccc(S(C)(=O)=O)cc1. The highest BCUT2D eigenvalue weighted by atomic mass is 32.2. The Labute approximate surface area is 214 Å². The molecule has 0 radical (unpaired) electrons. The summed E-state index contributed by atoms with van der Waals surface area (Å²) < 4.78 is 52.0. The monoisotopic (exact) mass is 528 g/mol. The van der Waals surface area contributed by atoms with Gasteiger partial charge in [-0.15, -0.1) is 0 Å². The summed E-state index contributed by atoms with van der Waals surface area (Å²) in [7, 11) is -7.36. The zero-order valence-corrected chi connectivity index (χ0v) is 22.8. The molecule has 36 heavy (non-hydrogen) atoms. The highest BCUT2D eigenvalue weighted by Gasteiger charge is 2.28. The maximum atomic E-state index is 13.6. The predicted molar refractivity (Wildman–Crippen MR) is 142 cm³/mol. The maximum Gasteiger partial charge on any atom is 0.264 e. The van der Waals surface area contributed by atoms with Crippen LogP contribution in [0.2, 0.25) is 0 Å². The third-order valence-corrected chi connectivity index (χ3v) is 8.76. The Morgan fingerprint density at radius 2 is 1.33 bits per heavy atom. The zero-order valence-electron chi connectivity index (χ0n) is 21.1. The number of nitrogens with zero attached hydrogens (tertiary/aromatic N) is 1. The lowest BCUT2D eigenvalue weighted by atomic mass is 10.0. The van der Waals surface area contributed by atoms with Gasteiger partial charge in [0.05, 0.1) is 21.5 Å². The van der Waals surface area contributed by atoms with E-state index in [9.17, 15) is 21.6 Å². The number of carbonyl (C=O) groups excluding carboxylic acids is 1. The minimum atomic E-state index is -4.02. The van der Waals surface area contributed by atoms with Crippen molar-refractivity contribution < 1.29 is 21.6 Å². The van der Waals surface area contributed by atoms with Crippen LogP contribution >= 0.6 is 0 Å². The second-order valence-corrected chi connectivity index (χ2v) is 12.9. The van der Waals surface area contributed by atoms with Crippen LogP contribution in [0.15, 0.2) is 76.5 Å². The van der Waals surface area contributed by atoms with Crippen LogP contribution in [0.3, 0.4) is 0 Å². The van der Waals surface area contributed by atoms with Crippen molar-refractivity contribution in [3.63, 3.8) is 0 Å². The number of rotatable bonds is 9. The molecule has 0 aliphatic heterocycles. The van der Waals surface area contributed by atoms with E-state index in [2.05, 4.69) is 5.32 Å². The van der Waals surface area contributed by atoms with E-state index in [4.69, 9.17) is 0 Å². The Morgan fingerprint density at radius 1 is 0.806 bits per heavy atom. The second kappa shape index (κ2) is 10.8. The van der Waals surface area contributed by atoms with E-state index >= 15 is 0 Å². The van der Waals surface area contributed by atoms with Gasteiger partial charge in [0, 0.05) is 6.26 Å². The molecule has 0 aliphatic rings. The van der Waals surface area contributed by atoms with E-state index in [0.29, 0.717) is 12.1 Å². The Bertz CT molecular complexity index is 1430. The lowest BCUT2D eigenvalue weighted by molar-refractivity contribution is -0.120. The first-order valence-electron chi connectivity index (χ1n) is 11.6. The lowest BCUT2D eigenvalue weighted by Crippen LogP contribution is -2.42. The average molecular weight is 529 g/mol. The summed E-state index contributed by atoms with van der Waals surface area (Å²) >= 11 is 0. The van der Waals surface area contributed by atoms with Gasteiger partial charge in [-0.2, -0.15) is 0 Å². The van der Waals surface area contributed by atoms with Crippen molar-refractivity contribution in [1.82, 2.24) is 5.32 Å². The molecule has 3 rings (SSSR count). The average Bonchev–Trinajstić information content (AvgIpc) is 2.80. The fraction of sp³-hybridized carbons (Fsp3) is 0.296. The lowest BCUT2D eigenvalue weighted by Gasteiger charge is -2.26. The van der Waals surface area contributed by atoms with Gasteiger partial charge in [-0.1, -0.05) is 42.8 Å². The molecule has 1 N–H and O–H groups in total. The van der Waals surface area contributed by atoms with Crippen LogP contribution in [0.5, 0.6) is 0 Å². The Balaban J connectivity index is 1.92. The van der Waals surface area contributed by atoms with Gasteiger partial charge >= 0.3 is 0 Å². The fourth-order valence-electron chi connectivity index (χ4n) is 3.99.